The Balaban J connectivity index is -0.0000000370. The first-order valence-corrected chi connectivity index (χ1v) is 2.13. The van der Waals surface area contributed by atoms with E-state index in [1.807, 2.05) is 0 Å². The Labute approximate surface area is 124 Å². The molecule has 0 saturated carbocycles. The molecular weight excluding hydrogens is 341 g/mol. The summed E-state index contributed by atoms with van der Waals surface area (Å²) in [5.41, 5.74) is 0. The molecular formula is C4H8BaN2O8. The van der Waals surface area contributed by atoms with Crippen molar-refractivity contribution in [2.45, 2.75) is 0 Å². The number of carbonyl (C=O) groups excluding carboxylic acids is 4. The summed E-state index contributed by atoms with van der Waals surface area (Å²) in [5, 5.41) is 35.7. The monoisotopic (exact) mass is 350 g/mol. The minimum absolute atomic E-state index is 0. The van der Waals surface area contributed by atoms with E-state index in [1.165, 1.54) is 0 Å². The summed E-state index contributed by atoms with van der Waals surface area (Å²) in [7, 11) is 0. The molecule has 0 aliphatic rings. The Morgan fingerprint density at radius 2 is 0.600 bits per heavy atom. The molecule has 0 atom stereocenters. The van der Waals surface area contributed by atoms with Gasteiger partial charge < -0.3 is 51.9 Å². The molecule has 11 heteroatoms. The molecule has 10 nitrogen and oxygen atoms in total. The molecule has 0 aliphatic carbocycles. The topological polar surface area (TPSA) is 234 Å². The van der Waals surface area contributed by atoms with Gasteiger partial charge in [0.25, 0.3) is 0 Å². The Bertz CT molecular complexity index is 181. The summed E-state index contributed by atoms with van der Waals surface area (Å²) < 4.78 is 0. The number of quaternary nitrogens is 2. The van der Waals surface area contributed by atoms with E-state index in [0.717, 1.165) is 0 Å². The Morgan fingerprint density at radius 1 is 0.533 bits per heavy atom. The Morgan fingerprint density at radius 3 is 0.600 bits per heavy atom. The zero-order valence-electron chi connectivity index (χ0n) is 7.97. The third-order valence-electron chi connectivity index (χ3n) is 0.333. The maximum Gasteiger partial charge on any atom is 2.00 e. The van der Waals surface area contributed by atoms with Crippen LogP contribution < -0.4 is 32.7 Å². The Kier molecular flexibility index (Phi) is 30.9. The normalized spacial score (nSPS) is 5.87. The van der Waals surface area contributed by atoms with E-state index in [9.17, 15) is 0 Å². The van der Waals surface area contributed by atoms with Crippen molar-refractivity contribution in [3.05, 3.63) is 0 Å². The molecule has 0 amide bonds. The predicted molar refractivity (Wildman–Crippen MR) is 37.8 cm³/mol. The van der Waals surface area contributed by atoms with E-state index in [1.54, 1.807) is 0 Å². The summed E-state index contributed by atoms with van der Waals surface area (Å²) in [6.45, 7) is 0. The van der Waals surface area contributed by atoms with E-state index in [4.69, 9.17) is 39.6 Å². The maximum atomic E-state index is 8.93. The van der Waals surface area contributed by atoms with Crippen LogP contribution in [0.4, 0.5) is 0 Å². The van der Waals surface area contributed by atoms with Gasteiger partial charge in [0.2, 0.25) is 0 Å². The number of hydrogen-bond acceptors (Lipinski definition) is 8. The zero-order valence-corrected chi connectivity index (χ0v) is 12.4. The van der Waals surface area contributed by atoms with Crippen molar-refractivity contribution in [1.29, 1.82) is 0 Å². The van der Waals surface area contributed by atoms with Crippen molar-refractivity contribution in [3.63, 3.8) is 0 Å². The van der Waals surface area contributed by atoms with Gasteiger partial charge in [0, 0.05) is 0 Å². The van der Waals surface area contributed by atoms with Crippen LogP contribution in [-0.4, -0.2) is 72.8 Å². The van der Waals surface area contributed by atoms with Gasteiger partial charge in [-0.05, 0) is 0 Å². The van der Waals surface area contributed by atoms with Crippen LogP contribution in [0.5, 0.6) is 0 Å². The number of aliphatic carboxylic acids is 4. The van der Waals surface area contributed by atoms with Gasteiger partial charge in [0.15, 0.2) is 0 Å². The van der Waals surface area contributed by atoms with Crippen molar-refractivity contribution in [1.82, 2.24) is 12.3 Å². The minimum Gasteiger partial charge on any atom is -0.543 e. The van der Waals surface area contributed by atoms with Gasteiger partial charge in [-0.1, -0.05) is 0 Å². The van der Waals surface area contributed by atoms with E-state index in [-0.39, 0.29) is 61.2 Å². The van der Waals surface area contributed by atoms with Gasteiger partial charge in [-0.2, -0.15) is 0 Å². The van der Waals surface area contributed by atoms with Crippen LogP contribution in [0, 0.1) is 0 Å². The second-order valence-corrected chi connectivity index (χ2v) is 1.15. The number of carboxylic acid groups (broad SMARTS) is 4. The van der Waals surface area contributed by atoms with Crippen LogP contribution in [0.2, 0.25) is 0 Å². The van der Waals surface area contributed by atoms with E-state index >= 15 is 0 Å². The van der Waals surface area contributed by atoms with Gasteiger partial charge in [-0.15, -0.1) is 0 Å². The minimum atomic E-state index is -2.19. The average Bonchev–Trinajstić information content (AvgIpc) is 1.88. The first-order chi connectivity index (χ1) is 5.29. The van der Waals surface area contributed by atoms with Crippen LogP contribution in [-0.2, 0) is 19.2 Å². The summed E-state index contributed by atoms with van der Waals surface area (Å²) in [4.78, 5) is 35.7. The van der Waals surface area contributed by atoms with Crippen LogP contribution in [0.3, 0.4) is 0 Å². The second kappa shape index (κ2) is 15.8. The quantitative estimate of drug-likeness (QED) is 0.314. The molecule has 84 valence electrons. The first-order valence-electron chi connectivity index (χ1n) is 2.13. The third-order valence-corrected chi connectivity index (χ3v) is 0.333. The van der Waals surface area contributed by atoms with Crippen LogP contribution >= 0.6 is 0 Å². The predicted octanol–water partition coefficient (Wildman–Crippen LogP) is -6.66. The molecule has 0 aromatic rings. The number of rotatable bonds is 0. The standard InChI is InChI=1S/2C2H2O4.Ba.2H3N/c2*3-1(4)2(5)6;;;/h2*(H,3,4)(H,5,6);;2*1H3/q;;+2;;/p-2. The largest absolute Gasteiger partial charge is 2.00 e. The van der Waals surface area contributed by atoms with Crippen molar-refractivity contribution in [2.75, 3.05) is 0 Å². The van der Waals surface area contributed by atoms with Crippen molar-refractivity contribution in [2.24, 2.45) is 0 Å². The molecule has 0 heterocycles. The Hall–Kier alpha value is -0.629. The van der Waals surface area contributed by atoms with E-state index < -0.39 is 23.9 Å². The molecule has 0 fully saturated rings. The van der Waals surface area contributed by atoms with Gasteiger partial charge in [0.05, 0.1) is 23.9 Å². The molecule has 0 saturated heterocycles. The van der Waals surface area contributed by atoms with Crippen LogP contribution in [0.15, 0.2) is 0 Å². The molecule has 0 radical (unpaired) electrons. The summed E-state index contributed by atoms with van der Waals surface area (Å²) in [6.07, 6.45) is 0. The summed E-state index contributed by atoms with van der Waals surface area (Å²) >= 11 is 0. The zero-order chi connectivity index (χ0) is 10.3. The average molecular weight is 349 g/mol. The number of carboxylic acids is 4. The van der Waals surface area contributed by atoms with Crippen LogP contribution in [0.25, 0.3) is 0 Å². The molecule has 8 N–H and O–H groups in total. The number of hydrogen-bond donors (Lipinski definition) is 2. The van der Waals surface area contributed by atoms with E-state index in [2.05, 4.69) is 0 Å². The molecule has 0 aliphatic heterocycles. The van der Waals surface area contributed by atoms with Gasteiger partial charge >= 0.3 is 48.9 Å². The molecule has 0 aromatic carbocycles. The molecule has 0 unspecified atom stereocenters. The fraction of sp³-hybridized carbons (Fsp3) is 0. The SMILES string of the molecule is O=C([O-])C(=O)[O-].O=C([O-])C(=O)[O-].[Ba+2].[NH4+].[NH4+]. The van der Waals surface area contributed by atoms with Crippen molar-refractivity contribution in [3.8, 4) is 0 Å². The molecule has 15 heavy (non-hydrogen) atoms. The fourth-order valence-electron chi connectivity index (χ4n) is 0. The molecule has 0 aromatic heterocycles. The fourth-order valence-corrected chi connectivity index (χ4v) is 0. The van der Waals surface area contributed by atoms with Crippen molar-refractivity contribution < 1.29 is 39.6 Å². The van der Waals surface area contributed by atoms with Gasteiger partial charge in [0.1, 0.15) is 0 Å². The van der Waals surface area contributed by atoms with E-state index in [0.29, 0.717) is 0 Å². The second-order valence-electron chi connectivity index (χ2n) is 1.15. The van der Waals surface area contributed by atoms with Crippen LogP contribution in [0.1, 0.15) is 0 Å². The first kappa shape index (κ1) is 29.3. The molecule has 0 bridgehead atoms. The van der Waals surface area contributed by atoms with Gasteiger partial charge in [-0.25, -0.2) is 0 Å². The molecule has 0 spiro atoms. The van der Waals surface area contributed by atoms with Gasteiger partial charge in [-0.3, -0.25) is 0 Å². The van der Waals surface area contributed by atoms with Crippen molar-refractivity contribution >= 4 is 72.8 Å². The maximum absolute atomic E-state index is 8.93. The summed E-state index contributed by atoms with van der Waals surface area (Å²) in [6, 6.07) is 0. The summed E-state index contributed by atoms with van der Waals surface area (Å²) in [5.74, 6) is -8.74. The smallest absolute Gasteiger partial charge is 0.543 e. The third kappa shape index (κ3) is 31.8. The molecule has 0 rings (SSSR count). The number of carbonyl (C=O) groups is 4.